The molecule has 0 fully saturated rings. The molecule has 0 aliphatic carbocycles. The van der Waals surface area contributed by atoms with Gasteiger partial charge in [-0.2, -0.15) is 26.3 Å². The van der Waals surface area contributed by atoms with E-state index in [9.17, 15) is 40.9 Å². The Morgan fingerprint density at radius 3 is 1.74 bits per heavy atom. The van der Waals surface area contributed by atoms with Gasteiger partial charge in [0.25, 0.3) is 0 Å². The van der Waals surface area contributed by atoms with Crippen molar-refractivity contribution < 1.29 is 59.9 Å². The largest absolute Gasteiger partial charge is 0.491 e. The van der Waals surface area contributed by atoms with Crippen molar-refractivity contribution in [2.45, 2.75) is 63.5 Å². The van der Waals surface area contributed by atoms with Crippen molar-refractivity contribution in [2.75, 3.05) is 39.6 Å². The number of ether oxygens (including phenoxy) is 4. The average molecular weight is 524 g/mol. The third-order valence-corrected chi connectivity index (χ3v) is 4.49. The smallest absolute Gasteiger partial charge is 0.416 e. The first-order valence-corrected chi connectivity index (χ1v) is 10.7. The van der Waals surface area contributed by atoms with Gasteiger partial charge in [-0.1, -0.05) is 0 Å². The zero-order chi connectivity index (χ0) is 26.9. The monoisotopic (exact) mass is 524 g/mol. The third kappa shape index (κ3) is 13.3. The molecule has 3 unspecified atom stereocenters. The quantitative estimate of drug-likeness (QED) is 0.262. The SMILES string of the molecule is CC(F)COC(C)(C)CCOCC(O)COCC(O)COc1cc(C(F)(F)F)cc(C(F)(F)F)c1. The summed E-state index contributed by atoms with van der Waals surface area (Å²) in [7, 11) is 0. The van der Waals surface area contributed by atoms with Crippen LogP contribution in [0.5, 0.6) is 5.75 Å². The predicted octanol–water partition coefficient (Wildman–Crippen LogP) is 4.40. The molecular weight excluding hydrogens is 493 g/mol. The number of alkyl halides is 7. The number of hydrogen-bond acceptors (Lipinski definition) is 6. The van der Waals surface area contributed by atoms with E-state index in [1.807, 2.05) is 0 Å². The molecule has 0 heterocycles. The second-order valence-corrected chi connectivity index (χ2v) is 8.57. The zero-order valence-corrected chi connectivity index (χ0v) is 19.6. The summed E-state index contributed by atoms with van der Waals surface area (Å²) in [5.74, 6) is -0.715. The predicted molar refractivity (Wildman–Crippen MR) is 111 cm³/mol. The van der Waals surface area contributed by atoms with Gasteiger partial charge in [0.15, 0.2) is 0 Å². The van der Waals surface area contributed by atoms with Gasteiger partial charge >= 0.3 is 12.4 Å². The number of aliphatic hydroxyl groups excluding tert-OH is 2. The highest BCUT2D eigenvalue weighted by atomic mass is 19.4. The molecule has 13 heteroatoms. The highest BCUT2D eigenvalue weighted by Gasteiger charge is 2.37. The van der Waals surface area contributed by atoms with Gasteiger partial charge in [-0.25, -0.2) is 4.39 Å². The van der Waals surface area contributed by atoms with Gasteiger partial charge in [0.05, 0.1) is 43.2 Å². The summed E-state index contributed by atoms with van der Waals surface area (Å²) in [5, 5.41) is 19.7. The van der Waals surface area contributed by atoms with Crippen LogP contribution in [0.15, 0.2) is 18.2 Å². The normalized spacial score (nSPS) is 15.7. The lowest BCUT2D eigenvalue weighted by atomic mass is 10.1. The van der Waals surface area contributed by atoms with E-state index in [1.54, 1.807) is 13.8 Å². The Labute approximate surface area is 198 Å². The van der Waals surface area contributed by atoms with Crippen molar-refractivity contribution in [3.63, 3.8) is 0 Å². The maximum absolute atomic E-state index is 12.9. The van der Waals surface area contributed by atoms with Crippen molar-refractivity contribution in [1.29, 1.82) is 0 Å². The van der Waals surface area contributed by atoms with Crippen LogP contribution in [-0.2, 0) is 26.6 Å². The van der Waals surface area contributed by atoms with Crippen LogP contribution < -0.4 is 4.74 Å². The molecule has 6 nitrogen and oxygen atoms in total. The molecule has 0 aliphatic heterocycles. The van der Waals surface area contributed by atoms with Crippen molar-refractivity contribution >= 4 is 0 Å². The summed E-state index contributed by atoms with van der Waals surface area (Å²) in [6, 6.07) is 0.761. The molecule has 0 saturated heterocycles. The van der Waals surface area contributed by atoms with Gasteiger partial charge in [-0.05, 0) is 45.4 Å². The highest BCUT2D eigenvalue weighted by molar-refractivity contribution is 5.37. The maximum atomic E-state index is 12.9. The van der Waals surface area contributed by atoms with E-state index >= 15 is 0 Å². The molecule has 1 aromatic rings. The van der Waals surface area contributed by atoms with Gasteiger partial charge in [-0.15, -0.1) is 0 Å². The summed E-state index contributed by atoms with van der Waals surface area (Å²) < 4.78 is 111. The minimum Gasteiger partial charge on any atom is -0.491 e. The van der Waals surface area contributed by atoms with Crippen molar-refractivity contribution in [3.8, 4) is 5.75 Å². The molecule has 0 spiro atoms. The number of benzene rings is 1. The second kappa shape index (κ2) is 13.6. The van der Waals surface area contributed by atoms with E-state index in [2.05, 4.69) is 0 Å². The second-order valence-electron chi connectivity index (χ2n) is 8.57. The van der Waals surface area contributed by atoms with Crippen LogP contribution in [-0.4, -0.2) is 73.8 Å². The van der Waals surface area contributed by atoms with E-state index in [0.717, 1.165) is 0 Å². The van der Waals surface area contributed by atoms with Gasteiger partial charge in [-0.3, -0.25) is 0 Å². The van der Waals surface area contributed by atoms with Gasteiger partial charge in [0, 0.05) is 6.61 Å². The Balaban J connectivity index is 2.38. The van der Waals surface area contributed by atoms with Crippen LogP contribution in [0.1, 0.15) is 38.3 Å². The Hall–Kier alpha value is -1.67. The maximum Gasteiger partial charge on any atom is 0.416 e. The number of hydrogen-bond donors (Lipinski definition) is 2. The van der Waals surface area contributed by atoms with Crippen LogP contribution in [0.4, 0.5) is 30.7 Å². The number of aliphatic hydroxyl groups is 2. The molecule has 204 valence electrons. The molecule has 1 rings (SSSR count). The molecule has 0 aromatic heterocycles. The first-order valence-electron chi connectivity index (χ1n) is 10.7. The van der Waals surface area contributed by atoms with Crippen LogP contribution in [0, 0.1) is 0 Å². The lowest BCUT2D eigenvalue weighted by Crippen LogP contribution is -2.31. The van der Waals surface area contributed by atoms with E-state index < -0.39 is 66.4 Å². The molecule has 1 aromatic carbocycles. The third-order valence-electron chi connectivity index (χ3n) is 4.49. The van der Waals surface area contributed by atoms with E-state index in [0.29, 0.717) is 18.6 Å². The molecule has 0 amide bonds. The van der Waals surface area contributed by atoms with E-state index in [1.165, 1.54) is 6.92 Å². The molecule has 0 radical (unpaired) electrons. The van der Waals surface area contributed by atoms with E-state index in [-0.39, 0.29) is 32.5 Å². The Kier molecular flexibility index (Phi) is 12.2. The zero-order valence-electron chi connectivity index (χ0n) is 19.6. The molecule has 3 atom stereocenters. The summed E-state index contributed by atoms with van der Waals surface area (Å²) in [6.07, 6.45) is -13.1. The van der Waals surface area contributed by atoms with Crippen LogP contribution >= 0.6 is 0 Å². The standard InChI is InChI=1S/C22H31F7O6/c1-14(23)9-35-20(2,3)4-5-32-10-17(30)11-33-12-18(31)13-34-19-7-15(21(24,25)26)6-16(8-19)22(27,28)29/h6-8,14,17-18,30-31H,4-5,9-13H2,1-3H3. The minimum atomic E-state index is -5.02. The first-order chi connectivity index (χ1) is 16.0. The van der Waals surface area contributed by atoms with Crippen molar-refractivity contribution in [1.82, 2.24) is 0 Å². The molecule has 0 aliphatic rings. The lowest BCUT2D eigenvalue weighted by molar-refractivity contribution is -0.143. The van der Waals surface area contributed by atoms with Gasteiger partial charge in [0.2, 0.25) is 0 Å². The summed E-state index contributed by atoms with van der Waals surface area (Å²) in [5.41, 5.74) is -3.70. The molecule has 2 N–H and O–H groups in total. The lowest BCUT2D eigenvalue weighted by Gasteiger charge is -2.26. The molecule has 0 bridgehead atoms. The minimum absolute atomic E-state index is 0.0333. The fourth-order valence-corrected chi connectivity index (χ4v) is 2.59. The van der Waals surface area contributed by atoms with Gasteiger partial charge in [0.1, 0.15) is 30.7 Å². The highest BCUT2D eigenvalue weighted by Crippen LogP contribution is 2.38. The molecule has 0 saturated carbocycles. The van der Waals surface area contributed by atoms with Gasteiger partial charge < -0.3 is 29.2 Å². The number of rotatable bonds is 15. The Morgan fingerprint density at radius 2 is 1.26 bits per heavy atom. The van der Waals surface area contributed by atoms with Crippen LogP contribution in [0.3, 0.4) is 0 Å². The fraction of sp³-hybridized carbons (Fsp3) is 0.727. The average Bonchev–Trinajstić information content (AvgIpc) is 2.72. The Morgan fingerprint density at radius 1 is 0.771 bits per heavy atom. The fourth-order valence-electron chi connectivity index (χ4n) is 2.59. The Bertz CT molecular complexity index is 721. The van der Waals surface area contributed by atoms with Crippen molar-refractivity contribution in [3.05, 3.63) is 29.3 Å². The van der Waals surface area contributed by atoms with Crippen LogP contribution in [0.25, 0.3) is 0 Å². The summed E-state index contributed by atoms with van der Waals surface area (Å²) >= 11 is 0. The molecule has 35 heavy (non-hydrogen) atoms. The number of halogens is 7. The first kappa shape index (κ1) is 31.4. The summed E-state index contributed by atoms with van der Waals surface area (Å²) in [4.78, 5) is 0. The molecular formula is C22H31F7O6. The van der Waals surface area contributed by atoms with Crippen molar-refractivity contribution in [2.24, 2.45) is 0 Å². The van der Waals surface area contributed by atoms with Crippen LogP contribution in [0.2, 0.25) is 0 Å². The summed E-state index contributed by atoms with van der Waals surface area (Å²) in [6.45, 7) is 3.69. The topological polar surface area (TPSA) is 77.4 Å². The van der Waals surface area contributed by atoms with E-state index in [4.69, 9.17) is 18.9 Å².